The third-order valence-electron chi connectivity index (χ3n) is 4.41. The van der Waals surface area contributed by atoms with Crippen molar-refractivity contribution < 1.29 is 9.53 Å². The van der Waals surface area contributed by atoms with E-state index < -0.39 is 0 Å². The van der Waals surface area contributed by atoms with E-state index in [1.54, 1.807) is 12.0 Å². The van der Waals surface area contributed by atoms with Crippen LogP contribution in [0.4, 0.5) is 0 Å². The summed E-state index contributed by atoms with van der Waals surface area (Å²) in [4.78, 5) is 14.3. The molecule has 0 saturated heterocycles. The van der Waals surface area contributed by atoms with Crippen LogP contribution in [-0.4, -0.2) is 31.0 Å². The van der Waals surface area contributed by atoms with Crippen molar-refractivity contribution in [3.63, 3.8) is 0 Å². The van der Waals surface area contributed by atoms with Crippen molar-refractivity contribution in [1.29, 1.82) is 0 Å². The Labute approximate surface area is 127 Å². The van der Waals surface area contributed by atoms with Crippen LogP contribution >= 0.6 is 0 Å². The van der Waals surface area contributed by atoms with Gasteiger partial charge in [0, 0.05) is 19.6 Å². The second kappa shape index (κ2) is 6.48. The van der Waals surface area contributed by atoms with E-state index in [4.69, 9.17) is 10.5 Å². The highest BCUT2D eigenvalue weighted by Crippen LogP contribution is 2.27. The quantitative estimate of drug-likeness (QED) is 0.926. The standard InChI is InChI=1S/C17H26N2O2/c1-11-8-13(9-12(2)16(11)21-4)10-19(3)17(20)14-6-5-7-15(14)18/h8-9,14-15H,5-7,10,18H2,1-4H3/t14-,15-/m0/s1. The van der Waals surface area contributed by atoms with Gasteiger partial charge in [-0.25, -0.2) is 0 Å². The van der Waals surface area contributed by atoms with Gasteiger partial charge in [0.1, 0.15) is 5.75 Å². The lowest BCUT2D eigenvalue weighted by Crippen LogP contribution is -2.39. The smallest absolute Gasteiger partial charge is 0.227 e. The molecule has 116 valence electrons. The van der Waals surface area contributed by atoms with Gasteiger partial charge in [0.2, 0.25) is 5.91 Å². The Morgan fingerprint density at radius 3 is 2.43 bits per heavy atom. The van der Waals surface area contributed by atoms with Gasteiger partial charge in [-0.15, -0.1) is 0 Å². The molecule has 0 unspecified atom stereocenters. The molecule has 1 aliphatic carbocycles. The Morgan fingerprint density at radius 2 is 1.95 bits per heavy atom. The Bertz CT molecular complexity index is 505. The molecular formula is C17H26N2O2. The van der Waals surface area contributed by atoms with Crippen LogP contribution in [0.25, 0.3) is 0 Å². The first-order valence-electron chi connectivity index (χ1n) is 7.58. The molecule has 0 aliphatic heterocycles. The number of hydrogen-bond donors (Lipinski definition) is 1. The molecule has 0 heterocycles. The molecule has 1 aliphatic rings. The summed E-state index contributed by atoms with van der Waals surface area (Å²) in [6.45, 7) is 4.68. The molecule has 2 atom stereocenters. The lowest BCUT2D eigenvalue weighted by atomic mass is 10.0. The number of rotatable bonds is 4. The molecule has 0 bridgehead atoms. The van der Waals surface area contributed by atoms with Crippen molar-refractivity contribution in [2.45, 2.75) is 45.7 Å². The molecule has 1 saturated carbocycles. The fraction of sp³-hybridized carbons (Fsp3) is 0.588. The summed E-state index contributed by atoms with van der Waals surface area (Å²) >= 11 is 0. The van der Waals surface area contributed by atoms with Crippen molar-refractivity contribution in [3.8, 4) is 5.75 Å². The van der Waals surface area contributed by atoms with Gasteiger partial charge in [0.05, 0.1) is 13.0 Å². The molecular weight excluding hydrogens is 264 g/mol. The molecule has 21 heavy (non-hydrogen) atoms. The van der Waals surface area contributed by atoms with E-state index in [0.29, 0.717) is 6.54 Å². The highest BCUT2D eigenvalue weighted by Gasteiger charge is 2.32. The number of methoxy groups -OCH3 is 1. The number of benzene rings is 1. The minimum atomic E-state index is -0.00422. The first-order valence-corrected chi connectivity index (χ1v) is 7.58. The lowest BCUT2D eigenvalue weighted by Gasteiger charge is -2.24. The van der Waals surface area contributed by atoms with Gasteiger partial charge in [-0.1, -0.05) is 18.6 Å². The fourth-order valence-corrected chi connectivity index (χ4v) is 3.38. The summed E-state index contributed by atoms with van der Waals surface area (Å²) in [6, 6.07) is 4.20. The van der Waals surface area contributed by atoms with E-state index in [1.807, 2.05) is 20.9 Å². The number of amides is 1. The van der Waals surface area contributed by atoms with Gasteiger partial charge in [0.25, 0.3) is 0 Å². The number of carbonyl (C=O) groups excluding carboxylic acids is 1. The minimum Gasteiger partial charge on any atom is -0.496 e. The maximum absolute atomic E-state index is 12.5. The summed E-state index contributed by atoms with van der Waals surface area (Å²) < 4.78 is 5.38. The summed E-state index contributed by atoms with van der Waals surface area (Å²) in [5.74, 6) is 1.09. The van der Waals surface area contributed by atoms with Gasteiger partial charge >= 0.3 is 0 Å². The largest absolute Gasteiger partial charge is 0.496 e. The van der Waals surface area contributed by atoms with Crippen LogP contribution in [0, 0.1) is 19.8 Å². The Hall–Kier alpha value is -1.55. The Kier molecular flexibility index (Phi) is 4.88. The highest BCUT2D eigenvalue weighted by atomic mass is 16.5. The van der Waals surface area contributed by atoms with Crippen LogP contribution in [0.1, 0.15) is 36.0 Å². The maximum atomic E-state index is 12.5. The molecule has 4 nitrogen and oxygen atoms in total. The SMILES string of the molecule is COc1c(C)cc(CN(C)C(=O)[C@H]2CCC[C@@H]2N)cc1C. The van der Waals surface area contributed by atoms with Crippen molar-refractivity contribution in [1.82, 2.24) is 4.90 Å². The zero-order valence-electron chi connectivity index (χ0n) is 13.5. The molecule has 0 radical (unpaired) electrons. The van der Waals surface area contributed by atoms with Crippen molar-refractivity contribution in [3.05, 3.63) is 28.8 Å². The number of nitrogens with zero attached hydrogens (tertiary/aromatic N) is 1. The van der Waals surface area contributed by atoms with E-state index in [-0.39, 0.29) is 17.9 Å². The predicted octanol–water partition coefficient (Wildman–Crippen LogP) is 2.40. The number of nitrogens with two attached hydrogens (primary N) is 1. The first kappa shape index (κ1) is 15.8. The summed E-state index contributed by atoms with van der Waals surface area (Å²) in [7, 11) is 3.55. The zero-order chi connectivity index (χ0) is 15.6. The number of ether oxygens (including phenoxy) is 1. The number of aryl methyl sites for hydroxylation is 2. The Balaban J connectivity index is 2.09. The van der Waals surface area contributed by atoms with E-state index >= 15 is 0 Å². The van der Waals surface area contributed by atoms with Gasteiger partial charge in [-0.2, -0.15) is 0 Å². The summed E-state index contributed by atoms with van der Waals surface area (Å²) in [5, 5.41) is 0. The van der Waals surface area contributed by atoms with Crippen LogP contribution in [0.5, 0.6) is 5.75 Å². The maximum Gasteiger partial charge on any atom is 0.227 e. The Morgan fingerprint density at radius 1 is 1.33 bits per heavy atom. The topological polar surface area (TPSA) is 55.6 Å². The second-order valence-corrected chi connectivity index (χ2v) is 6.16. The summed E-state index contributed by atoms with van der Waals surface area (Å²) in [6.07, 6.45) is 2.95. The number of hydrogen-bond acceptors (Lipinski definition) is 3. The van der Waals surface area contributed by atoms with Crippen LogP contribution in [0.3, 0.4) is 0 Å². The molecule has 0 spiro atoms. The minimum absolute atomic E-state index is 0.00422. The van der Waals surface area contributed by atoms with E-state index in [1.165, 1.54) is 0 Å². The fourth-order valence-electron chi connectivity index (χ4n) is 3.38. The van der Waals surface area contributed by atoms with E-state index in [2.05, 4.69) is 12.1 Å². The van der Waals surface area contributed by atoms with Crippen LogP contribution < -0.4 is 10.5 Å². The van der Waals surface area contributed by atoms with Gasteiger partial charge in [0.15, 0.2) is 0 Å². The molecule has 4 heteroatoms. The monoisotopic (exact) mass is 290 g/mol. The molecule has 2 rings (SSSR count). The van der Waals surface area contributed by atoms with E-state index in [0.717, 1.165) is 41.7 Å². The van der Waals surface area contributed by atoms with Crippen molar-refractivity contribution in [2.24, 2.45) is 11.7 Å². The molecule has 1 aromatic rings. The van der Waals surface area contributed by atoms with Gasteiger partial charge in [-0.05, 0) is 43.4 Å². The number of carbonyl (C=O) groups is 1. The van der Waals surface area contributed by atoms with Crippen molar-refractivity contribution >= 4 is 5.91 Å². The average molecular weight is 290 g/mol. The lowest BCUT2D eigenvalue weighted by molar-refractivity contribution is -0.134. The van der Waals surface area contributed by atoms with Crippen LogP contribution in [0.2, 0.25) is 0 Å². The molecule has 1 amide bonds. The normalized spacial score (nSPS) is 21.4. The van der Waals surface area contributed by atoms with Crippen LogP contribution in [-0.2, 0) is 11.3 Å². The molecule has 2 N–H and O–H groups in total. The third-order valence-corrected chi connectivity index (χ3v) is 4.41. The third kappa shape index (κ3) is 3.38. The molecule has 1 aromatic carbocycles. The highest BCUT2D eigenvalue weighted by molar-refractivity contribution is 5.79. The molecule has 1 fully saturated rings. The zero-order valence-corrected chi connectivity index (χ0v) is 13.5. The first-order chi connectivity index (χ1) is 9.93. The second-order valence-electron chi connectivity index (χ2n) is 6.16. The van der Waals surface area contributed by atoms with E-state index in [9.17, 15) is 4.79 Å². The van der Waals surface area contributed by atoms with Gasteiger partial charge < -0.3 is 15.4 Å². The average Bonchev–Trinajstić information content (AvgIpc) is 2.83. The molecule has 0 aromatic heterocycles. The summed E-state index contributed by atoms with van der Waals surface area (Å²) in [5.41, 5.74) is 9.37. The van der Waals surface area contributed by atoms with Crippen molar-refractivity contribution in [2.75, 3.05) is 14.2 Å². The predicted molar refractivity (Wildman–Crippen MR) is 84.3 cm³/mol. The van der Waals surface area contributed by atoms with Gasteiger partial charge in [-0.3, -0.25) is 4.79 Å². The van der Waals surface area contributed by atoms with Crippen LogP contribution in [0.15, 0.2) is 12.1 Å².